The van der Waals surface area contributed by atoms with Gasteiger partial charge in [-0.05, 0) is 29.8 Å². The van der Waals surface area contributed by atoms with Gasteiger partial charge in [-0.1, -0.05) is 0 Å². The molecule has 0 aliphatic rings. The summed E-state index contributed by atoms with van der Waals surface area (Å²) in [4.78, 5) is 3.81. The molecule has 0 amide bonds. The fraction of sp³-hybridized carbons (Fsp3) is 0. The maximum absolute atomic E-state index is 13.2. The number of benzene rings is 1. The van der Waals surface area contributed by atoms with Crippen LogP contribution in [0.5, 0.6) is 0 Å². The lowest BCUT2D eigenvalue weighted by Crippen LogP contribution is -1.98. The summed E-state index contributed by atoms with van der Waals surface area (Å²) in [6, 6.07) is 5.26. The normalized spacial score (nSPS) is 10.8. The Hall–Kier alpha value is -2.37. The van der Waals surface area contributed by atoms with Crippen LogP contribution < -0.4 is 5.43 Å². The van der Waals surface area contributed by atoms with Crippen LogP contribution in [0.2, 0.25) is 0 Å². The van der Waals surface area contributed by atoms with Gasteiger partial charge in [0.25, 0.3) is 0 Å². The van der Waals surface area contributed by atoms with Crippen LogP contribution in [0.4, 0.5) is 18.9 Å². The number of hydrogen-bond donors (Lipinski definition) is 1. The minimum absolute atomic E-state index is 0.237. The highest BCUT2D eigenvalue weighted by Crippen LogP contribution is 2.19. The van der Waals surface area contributed by atoms with Crippen LogP contribution in [0.25, 0.3) is 0 Å². The molecule has 2 rings (SSSR count). The Balaban J connectivity index is 2.12. The van der Waals surface area contributed by atoms with Gasteiger partial charge in [-0.25, -0.2) is 13.2 Å². The molecule has 3 nitrogen and oxygen atoms in total. The van der Waals surface area contributed by atoms with Crippen molar-refractivity contribution in [3.8, 4) is 0 Å². The summed E-state index contributed by atoms with van der Waals surface area (Å²) in [6.07, 6.45) is 4.54. The van der Waals surface area contributed by atoms with Crippen LogP contribution in [-0.4, -0.2) is 11.2 Å². The van der Waals surface area contributed by atoms with Crippen LogP contribution in [0.1, 0.15) is 5.56 Å². The van der Waals surface area contributed by atoms with Crippen LogP contribution in [0.15, 0.2) is 41.8 Å². The first-order valence-electron chi connectivity index (χ1n) is 5.01. The minimum Gasteiger partial charge on any atom is -0.275 e. The van der Waals surface area contributed by atoms with Gasteiger partial charge in [0.2, 0.25) is 0 Å². The summed E-state index contributed by atoms with van der Waals surface area (Å²) >= 11 is 0. The molecule has 0 fully saturated rings. The van der Waals surface area contributed by atoms with E-state index in [1.165, 1.54) is 6.21 Å². The Morgan fingerprint density at radius 3 is 2.44 bits per heavy atom. The lowest BCUT2D eigenvalue weighted by Gasteiger charge is -2.03. The third-order valence-electron chi connectivity index (χ3n) is 2.14. The van der Waals surface area contributed by atoms with E-state index in [0.717, 1.165) is 17.7 Å². The van der Waals surface area contributed by atoms with Gasteiger partial charge in [0.05, 0.1) is 11.9 Å². The minimum atomic E-state index is -1.53. The largest absolute Gasteiger partial charge is 0.275 e. The van der Waals surface area contributed by atoms with E-state index < -0.39 is 17.5 Å². The Morgan fingerprint density at radius 1 is 1.00 bits per heavy atom. The van der Waals surface area contributed by atoms with Crippen LogP contribution >= 0.6 is 0 Å². The zero-order chi connectivity index (χ0) is 13.0. The first kappa shape index (κ1) is 12.1. The van der Waals surface area contributed by atoms with Crippen molar-refractivity contribution in [2.24, 2.45) is 5.10 Å². The van der Waals surface area contributed by atoms with E-state index in [4.69, 9.17) is 0 Å². The molecule has 1 aromatic heterocycles. The van der Waals surface area contributed by atoms with Gasteiger partial charge in [-0.2, -0.15) is 5.10 Å². The first-order valence-corrected chi connectivity index (χ1v) is 5.01. The standard InChI is InChI=1S/C12H8F3N3/c13-9-1-2-10(12(15)11(9)14)18-17-7-8-3-5-16-6-4-8/h1-7,18H. The van der Waals surface area contributed by atoms with Gasteiger partial charge in [0, 0.05) is 12.4 Å². The van der Waals surface area contributed by atoms with E-state index in [1.54, 1.807) is 24.5 Å². The molecule has 0 atom stereocenters. The number of hydrogen-bond acceptors (Lipinski definition) is 3. The third-order valence-corrected chi connectivity index (χ3v) is 2.14. The lowest BCUT2D eigenvalue weighted by atomic mass is 10.3. The van der Waals surface area contributed by atoms with Crippen molar-refractivity contribution in [3.63, 3.8) is 0 Å². The number of pyridine rings is 1. The molecule has 0 spiro atoms. The number of nitrogens with zero attached hydrogens (tertiary/aromatic N) is 2. The van der Waals surface area contributed by atoms with Crippen molar-refractivity contribution in [2.45, 2.75) is 0 Å². The van der Waals surface area contributed by atoms with E-state index in [-0.39, 0.29) is 5.69 Å². The Labute approximate surface area is 101 Å². The van der Waals surface area contributed by atoms with Crippen molar-refractivity contribution in [1.82, 2.24) is 4.98 Å². The second kappa shape index (κ2) is 5.31. The van der Waals surface area contributed by atoms with E-state index in [1.807, 2.05) is 0 Å². The quantitative estimate of drug-likeness (QED) is 0.517. The van der Waals surface area contributed by atoms with Crippen molar-refractivity contribution in [2.75, 3.05) is 5.43 Å². The molecule has 6 heteroatoms. The summed E-state index contributed by atoms with van der Waals surface area (Å²) < 4.78 is 38.8. The number of anilines is 1. The van der Waals surface area contributed by atoms with Crippen molar-refractivity contribution >= 4 is 11.9 Å². The molecule has 0 aliphatic heterocycles. The predicted octanol–water partition coefficient (Wildman–Crippen LogP) is 2.94. The first-order chi connectivity index (χ1) is 8.68. The van der Waals surface area contributed by atoms with Gasteiger partial charge in [-0.15, -0.1) is 0 Å². The van der Waals surface area contributed by atoms with Gasteiger partial charge in [0.1, 0.15) is 0 Å². The maximum Gasteiger partial charge on any atom is 0.196 e. The molecule has 1 aromatic carbocycles. The Morgan fingerprint density at radius 2 is 1.72 bits per heavy atom. The van der Waals surface area contributed by atoms with Crippen LogP contribution in [0.3, 0.4) is 0 Å². The second-order valence-electron chi connectivity index (χ2n) is 3.37. The average molecular weight is 251 g/mol. The highest BCUT2D eigenvalue weighted by molar-refractivity contribution is 5.79. The molecule has 1 N–H and O–H groups in total. The highest BCUT2D eigenvalue weighted by atomic mass is 19.2. The fourth-order valence-electron chi connectivity index (χ4n) is 1.24. The van der Waals surface area contributed by atoms with Gasteiger partial charge in [0.15, 0.2) is 17.5 Å². The summed E-state index contributed by atoms with van der Waals surface area (Å²) in [7, 11) is 0. The topological polar surface area (TPSA) is 37.3 Å². The number of aromatic nitrogens is 1. The number of rotatable bonds is 3. The Kier molecular flexibility index (Phi) is 3.57. The second-order valence-corrected chi connectivity index (χ2v) is 3.37. The summed E-state index contributed by atoms with van der Waals surface area (Å²) in [5, 5.41) is 3.71. The zero-order valence-corrected chi connectivity index (χ0v) is 9.07. The lowest BCUT2D eigenvalue weighted by molar-refractivity contribution is 0.449. The molecule has 18 heavy (non-hydrogen) atoms. The average Bonchev–Trinajstić information content (AvgIpc) is 2.40. The molecule has 0 saturated carbocycles. The summed E-state index contributed by atoms with van der Waals surface area (Å²) in [6.45, 7) is 0. The van der Waals surface area contributed by atoms with E-state index in [0.29, 0.717) is 0 Å². The number of nitrogens with one attached hydrogen (secondary N) is 1. The molecule has 0 radical (unpaired) electrons. The van der Waals surface area contributed by atoms with E-state index >= 15 is 0 Å². The van der Waals surface area contributed by atoms with E-state index in [2.05, 4.69) is 15.5 Å². The molecule has 0 aliphatic carbocycles. The molecular weight excluding hydrogens is 243 g/mol. The predicted molar refractivity (Wildman–Crippen MR) is 61.8 cm³/mol. The third kappa shape index (κ3) is 2.65. The fourth-order valence-corrected chi connectivity index (χ4v) is 1.24. The molecule has 1 heterocycles. The Bertz CT molecular complexity index is 570. The highest BCUT2D eigenvalue weighted by Gasteiger charge is 2.12. The molecule has 0 unspecified atom stereocenters. The summed E-state index contributed by atoms with van der Waals surface area (Å²) in [5.41, 5.74) is 2.80. The van der Waals surface area contributed by atoms with E-state index in [9.17, 15) is 13.2 Å². The van der Waals surface area contributed by atoms with Crippen LogP contribution in [0, 0.1) is 17.5 Å². The number of hydrazone groups is 1. The van der Waals surface area contributed by atoms with Gasteiger partial charge in [-0.3, -0.25) is 10.4 Å². The van der Waals surface area contributed by atoms with Crippen molar-refractivity contribution < 1.29 is 13.2 Å². The zero-order valence-electron chi connectivity index (χ0n) is 9.07. The molecule has 0 bridgehead atoms. The van der Waals surface area contributed by atoms with Crippen molar-refractivity contribution in [1.29, 1.82) is 0 Å². The molecule has 92 valence electrons. The van der Waals surface area contributed by atoms with Gasteiger partial charge >= 0.3 is 0 Å². The summed E-state index contributed by atoms with van der Waals surface area (Å²) in [5.74, 6) is -4.07. The molecular formula is C12H8F3N3. The van der Waals surface area contributed by atoms with Gasteiger partial charge < -0.3 is 0 Å². The number of halogens is 3. The van der Waals surface area contributed by atoms with Crippen molar-refractivity contribution in [3.05, 3.63) is 59.7 Å². The molecule has 0 saturated heterocycles. The smallest absolute Gasteiger partial charge is 0.196 e. The maximum atomic E-state index is 13.2. The monoisotopic (exact) mass is 251 g/mol. The molecule has 2 aromatic rings. The SMILES string of the molecule is Fc1ccc(NN=Cc2ccncc2)c(F)c1F. The van der Waals surface area contributed by atoms with Crippen LogP contribution in [-0.2, 0) is 0 Å².